The fourth-order valence-electron chi connectivity index (χ4n) is 2.64. The quantitative estimate of drug-likeness (QED) is 0.652. The maximum Gasteiger partial charge on any atom is 0.300 e. The Morgan fingerprint density at radius 3 is 2.61 bits per heavy atom. The molecule has 0 aliphatic heterocycles. The minimum atomic E-state index is -4.12. The maximum absolute atomic E-state index is 12.7. The van der Waals surface area contributed by atoms with Gasteiger partial charge in [0.15, 0.2) is 5.76 Å². The molecule has 0 spiro atoms. The number of carbonyl (C=O) groups excluding carboxylic acids is 1. The fraction of sp³-hybridized carbons (Fsp3) is 0.250. The van der Waals surface area contributed by atoms with Gasteiger partial charge in [-0.15, -0.1) is 0 Å². The van der Waals surface area contributed by atoms with Crippen LogP contribution in [-0.2, 0) is 10.0 Å². The number of fused-ring (bicyclic) bond motifs is 1. The predicted octanol–water partition coefficient (Wildman–Crippen LogP) is 3.41. The number of hydrogen-bond acceptors (Lipinski definition) is 6. The van der Waals surface area contributed by atoms with Crippen molar-refractivity contribution in [1.29, 1.82) is 0 Å². The Kier molecular flexibility index (Phi) is 5.60. The summed E-state index contributed by atoms with van der Waals surface area (Å²) in [5, 5.41) is 0.708. The van der Waals surface area contributed by atoms with Gasteiger partial charge in [0, 0.05) is 31.2 Å². The molecular weight excluding hydrogens is 380 g/mol. The lowest BCUT2D eigenvalue weighted by atomic mass is 10.2. The third-order valence-electron chi connectivity index (χ3n) is 4.07. The minimum absolute atomic E-state index is 0.0820. The largest absolute Gasteiger partial charge is 0.492 e. The Bertz CT molecular complexity index is 1100. The van der Waals surface area contributed by atoms with E-state index in [0.29, 0.717) is 17.6 Å². The summed E-state index contributed by atoms with van der Waals surface area (Å²) >= 11 is 0. The van der Waals surface area contributed by atoms with Crippen LogP contribution in [0.5, 0.6) is 5.75 Å². The minimum Gasteiger partial charge on any atom is -0.492 e. The summed E-state index contributed by atoms with van der Waals surface area (Å²) in [5.74, 6) is -0.723. The van der Waals surface area contributed by atoms with Gasteiger partial charge in [-0.3, -0.25) is 4.79 Å². The van der Waals surface area contributed by atoms with Crippen LogP contribution >= 0.6 is 0 Å². The number of rotatable bonds is 7. The van der Waals surface area contributed by atoms with Crippen molar-refractivity contribution in [3.05, 3.63) is 54.3 Å². The average molecular weight is 402 g/mol. The van der Waals surface area contributed by atoms with Crippen molar-refractivity contribution in [2.45, 2.75) is 18.2 Å². The molecule has 1 N–H and O–H groups in total. The van der Waals surface area contributed by atoms with E-state index in [1.807, 2.05) is 38.1 Å². The Labute approximate surface area is 163 Å². The van der Waals surface area contributed by atoms with E-state index in [0.717, 1.165) is 12.1 Å². The number of nitrogens with one attached hydrogen (secondary N) is 1. The molecule has 1 heterocycles. The molecule has 0 radical (unpaired) electrons. The van der Waals surface area contributed by atoms with Crippen LogP contribution in [0.25, 0.3) is 11.0 Å². The molecule has 1 aromatic heterocycles. The zero-order valence-electron chi connectivity index (χ0n) is 15.9. The van der Waals surface area contributed by atoms with Gasteiger partial charge in [-0.05, 0) is 36.8 Å². The molecule has 0 aliphatic rings. The monoisotopic (exact) mass is 402 g/mol. The van der Waals surface area contributed by atoms with Gasteiger partial charge in [-0.25, -0.2) is 13.1 Å². The summed E-state index contributed by atoms with van der Waals surface area (Å²) < 4.78 is 38.5. The lowest BCUT2D eigenvalue weighted by molar-refractivity contribution is 0.0956. The average Bonchev–Trinajstić information content (AvgIpc) is 3.09. The van der Waals surface area contributed by atoms with E-state index in [1.165, 1.54) is 12.1 Å². The predicted molar refractivity (Wildman–Crippen MR) is 107 cm³/mol. The van der Waals surface area contributed by atoms with Crippen LogP contribution in [0, 0.1) is 0 Å². The van der Waals surface area contributed by atoms with E-state index in [2.05, 4.69) is 4.72 Å². The number of hydrogen-bond donors (Lipinski definition) is 1. The Morgan fingerprint density at radius 2 is 1.89 bits per heavy atom. The summed E-state index contributed by atoms with van der Waals surface area (Å²) in [4.78, 5) is 14.3. The van der Waals surface area contributed by atoms with Crippen molar-refractivity contribution in [2.24, 2.45) is 0 Å². The van der Waals surface area contributed by atoms with Crippen LogP contribution in [0.15, 0.2) is 57.8 Å². The van der Waals surface area contributed by atoms with Gasteiger partial charge in [0.2, 0.25) is 0 Å². The fourth-order valence-corrected chi connectivity index (χ4v) is 3.74. The van der Waals surface area contributed by atoms with E-state index in [-0.39, 0.29) is 16.4 Å². The molecule has 28 heavy (non-hydrogen) atoms. The summed E-state index contributed by atoms with van der Waals surface area (Å²) in [6, 6.07) is 13.2. The number of ether oxygens (including phenoxy) is 1. The van der Waals surface area contributed by atoms with Gasteiger partial charge in [-0.1, -0.05) is 19.1 Å². The number of furan rings is 1. The number of nitrogens with zero attached hydrogens (tertiary/aromatic N) is 1. The topological polar surface area (TPSA) is 88.8 Å². The second-order valence-electron chi connectivity index (χ2n) is 6.46. The number of sulfonamides is 1. The zero-order valence-corrected chi connectivity index (χ0v) is 16.7. The first-order valence-electron chi connectivity index (χ1n) is 8.81. The lowest BCUT2D eigenvalue weighted by Crippen LogP contribution is -2.30. The van der Waals surface area contributed by atoms with Gasteiger partial charge in [0.1, 0.15) is 16.2 Å². The highest BCUT2D eigenvalue weighted by Crippen LogP contribution is 2.26. The molecule has 0 atom stereocenters. The summed E-state index contributed by atoms with van der Waals surface area (Å²) in [6.07, 6.45) is 0.731. The SMILES string of the molecule is CCCOc1ccccc1S(=O)(=O)NC(=O)c1cc2ccc(N(C)C)cc2o1. The Balaban J connectivity index is 1.87. The molecule has 0 saturated carbocycles. The van der Waals surface area contributed by atoms with Gasteiger partial charge in [-0.2, -0.15) is 0 Å². The van der Waals surface area contributed by atoms with Crippen molar-refractivity contribution in [3.63, 3.8) is 0 Å². The summed E-state index contributed by atoms with van der Waals surface area (Å²) in [6.45, 7) is 2.29. The van der Waals surface area contributed by atoms with Crippen LogP contribution in [0.1, 0.15) is 23.9 Å². The van der Waals surface area contributed by atoms with Crippen molar-refractivity contribution < 1.29 is 22.4 Å². The standard InChI is InChI=1S/C20H22N2O5S/c1-4-11-26-16-7-5-6-8-19(16)28(24,25)21-20(23)18-12-14-9-10-15(22(2)3)13-17(14)27-18/h5-10,12-13H,4,11H2,1-3H3,(H,21,23). The number of amides is 1. The third-order valence-corrected chi connectivity index (χ3v) is 5.44. The van der Waals surface area contributed by atoms with Gasteiger partial charge >= 0.3 is 5.91 Å². The molecular formula is C20H22N2O5S. The van der Waals surface area contributed by atoms with Crippen molar-refractivity contribution >= 4 is 32.6 Å². The van der Waals surface area contributed by atoms with Crippen molar-refractivity contribution in [2.75, 3.05) is 25.6 Å². The molecule has 1 amide bonds. The molecule has 148 valence electrons. The molecule has 0 aliphatic carbocycles. The van der Waals surface area contributed by atoms with E-state index < -0.39 is 15.9 Å². The zero-order chi connectivity index (χ0) is 20.3. The Hall–Kier alpha value is -3.00. The lowest BCUT2D eigenvalue weighted by Gasteiger charge is -2.11. The Morgan fingerprint density at radius 1 is 1.14 bits per heavy atom. The maximum atomic E-state index is 12.7. The summed E-state index contributed by atoms with van der Waals surface area (Å²) in [7, 11) is -0.338. The highest BCUT2D eigenvalue weighted by Gasteiger charge is 2.24. The van der Waals surface area contributed by atoms with Gasteiger partial charge < -0.3 is 14.1 Å². The highest BCUT2D eigenvalue weighted by atomic mass is 32.2. The molecule has 0 unspecified atom stereocenters. The molecule has 2 aromatic carbocycles. The molecule has 3 rings (SSSR count). The van der Waals surface area contributed by atoms with E-state index in [9.17, 15) is 13.2 Å². The summed E-state index contributed by atoms with van der Waals surface area (Å²) in [5.41, 5.74) is 1.41. The first-order valence-corrected chi connectivity index (χ1v) is 10.3. The van der Waals surface area contributed by atoms with Crippen LogP contribution in [0.3, 0.4) is 0 Å². The smallest absolute Gasteiger partial charge is 0.300 e. The third kappa shape index (κ3) is 4.12. The van der Waals surface area contributed by atoms with E-state index >= 15 is 0 Å². The van der Waals surface area contributed by atoms with Gasteiger partial charge in [0.25, 0.3) is 10.0 Å². The first kappa shape index (κ1) is 19.8. The van der Waals surface area contributed by atoms with Crippen molar-refractivity contribution in [3.8, 4) is 5.75 Å². The van der Waals surface area contributed by atoms with Crippen LogP contribution < -0.4 is 14.4 Å². The molecule has 8 heteroatoms. The second kappa shape index (κ2) is 7.93. The van der Waals surface area contributed by atoms with Crippen LogP contribution in [-0.4, -0.2) is 35.0 Å². The van der Waals surface area contributed by atoms with Crippen LogP contribution in [0.4, 0.5) is 5.69 Å². The normalized spacial score (nSPS) is 11.4. The number of para-hydroxylation sites is 1. The number of carbonyl (C=O) groups is 1. The highest BCUT2D eigenvalue weighted by molar-refractivity contribution is 7.90. The number of anilines is 1. The molecule has 0 saturated heterocycles. The first-order chi connectivity index (χ1) is 13.3. The molecule has 3 aromatic rings. The van der Waals surface area contributed by atoms with E-state index in [4.69, 9.17) is 9.15 Å². The molecule has 7 nitrogen and oxygen atoms in total. The molecule has 0 fully saturated rings. The van der Waals surface area contributed by atoms with Gasteiger partial charge in [0.05, 0.1) is 6.61 Å². The van der Waals surface area contributed by atoms with Crippen LogP contribution in [0.2, 0.25) is 0 Å². The molecule has 0 bridgehead atoms. The van der Waals surface area contributed by atoms with Crippen molar-refractivity contribution in [1.82, 2.24) is 4.72 Å². The second-order valence-corrected chi connectivity index (χ2v) is 8.11. The van der Waals surface area contributed by atoms with E-state index in [1.54, 1.807) is 24.3 Å². The number of benzene rings is 2.